The molecule has 0 bridgehead atoms. The van der Waals surface area contributed by atoms with Gasteiger partial charge < -0.3 is 26.7 Å². The van der Waals surface area contributed by atoms with Crippen molar-refractivity contribution in [3.63, 3.8) is 0 Å². The van der Waals surface area contributed by atoms with E-state index >= 15 is 0 Å². The largest absolute Gasteiger partial charge is 0.354 e. The smallest absolute Gasteiger partial charge is 0.251 e. The molecule has 0 spiro atoms. The summed E-state index contributed by atoms with van der Waals surface area (Å²) in [5.41, 5.74) is 17.8. The van der Waals surface area contributed by atoms with Crippen LogP contribution in [0, 0.1) is 18.8 Å². The maximum Gasteiger partial charge on any atom is 0.251 e. The standard InChI is InChI=1S/C35H42ClN9O2.ClH/c1-22-18-31(44-16-14-39-15-17-44)40-21-29(22)25-6-2-23(3-7-25)19-30(38)34(47)45(33(46)27-8-4-24(20-37)5-9-27)28-12-10-26(11-13-28)32-41-35(36)43-42-32;/h2-3,6-7,10-13,18,21,24,27,30,39H,4-5,8-9,14-17,19-20,37-38H2,1H3,(H,41,42,43);1H/t24-,27-,30-;/m0./s1. The van der Waals surface area contributed by atoms with Gasteiger partial charge in [0.15, 0.2) is 5.82 Å². The summed E-state index contributed by atoms with van der Waals surface area (Å²) in [4.78, 5) is 39.2. The molecular weight excluding hydrogens is 649 g/mol. The molecule has 0 unspecified atom stereocenters. The minimum Gasteiger partial charge on any atom is -0.354 e. The van der Waals surface area contributed by atoms with Crippen molar-refractivity contribution in [3.05, 3.63) is 77.2 Å². The number of pyridine rings is 1. The summed E-state index contributed by atoms with van der Waals surface area (Å²) >= 11 is 5.91. The molecule has 11 nitrogen and oxygen atoms in total. The lowest BCUT2D eigenvalue weighted by Gasteiger charge is -2.32. The highest BCUT2D eigenvalue weighted by atomic mass is 35.5. The fourth-order valence-electron chi connectivity index (χ4n) is 6.57. The molecule has 48 heavy (non-hydrogen) atoms. The Bertz CT molecular complexity index is 1680. The summed E-state index contributed by atoms with van der Waals surface area (Å²) in [5, 5.41) is 11.4. The Labute approximate surface area is 292 Å². The number of amides is 2. The highest BCUT2D eigenvalue weighted by molar-refractivity contribution is 6.28. The third-order valence-electron chi connectivity index (χ3n) is 9.40. The molecule has 13 heteroatoms. The van der Waals surface area contributed by atoms with E-state index in [1.54, 1.807) is 24.3 Å². The maximum atomic E-state index is 14.0. The van der Waals surface area contributed by atoms with E-state index in [0.29, 0.717) is 36.8 Å². The first kappa shape index (κ1) is 35.4. The van der Waals surface area contributed by atoms with Crippen LogP contribution in [0.5, 0.6) is 0 Å². The number of aromatic amines is 1. The molecule has 4 aromatic rings. The van der Waals surface area contributed by atoms with Crippen LogP contribution < -0.4 is 26.6 Å². The monoisotopic (exact) mass is 691 g/mol. The SMILES string of the molecule is Cc1cc(N2CCNCC2)ncc1-c1ccc(C[C@H](N)C(=O)N(c2ccc(-c3nnc(Cl)[nH]3)cc2)C(=O)[C@H]2CC[C@H](CN)CC2)cc1.Cl. The number of benzene rings is 2. The summed E-state index contributed by atoms with van der Waals surface area (Å²) in [5.74, 6) is 0.977. The van der Waals surface area contributed by atoms with Crippen molar-refractivity contribution in [2.24, 2.45) is 23.3 Å². The predicted octanol–water partition coefficient (Wildman–Crippen LogP) is 4.52. The van der Waals surface area contributed by atoms with Crippen molar-refractivity contribution in [1.29, 1.82) is 0 Å². The van der Waals surface area contributed by atoms with Gasteiger partial charge in [0, 0.05) is 49.4 Å². The van der Waals surface area contributed by atoms with Gasteiger partial charge in [0.2, 0.25) is 11.2 Å². The molecule has 1 atom stereocenters. The number of hydrogen-bond donors (Lipinski definition) is 4. The van der Waals surface area contributed by atoms with Crippen molar-refractivity contribution < 1.29 is 9.59 Å². The van der Waals surface area contributed by atoms with Crippen molar-refractivity contribution in [1.82, 2.24) is 25.5 Å². The Kier molecular flexibility index (Phi) is 11.8. The van der Waals surface area contributed by atoms with E-state index in [1.807, 2.05) is 30.5 Å². The molecule has 2 amide bonds. The summed E-state index contributed by atoms with van der Waals surface area (Å²) < 4.78 is 0. The van der Waals surface area contributed by atoms with Gasteiger partial charge in [-0.25, -0.2) is 9.88 Å². The topological polar surface area (TPSA) is 159 Å². The molecule has 1 saturated carbocycles. The van der Waals surface area contributed by atoms with Crippen LogP contribution in [0.3, 0.4) is 0 Å². The zero-order valence-electron chi connectivity index (χ0n) is 27.1. The molecule has 6 N–H and O–H groups in total. The quantitative estimate of drug-likeness (QED) is 0.198. The number of anilines is 2. The van der Waals surface area contributed by atoms with Crippen LogP contribution >= 0.6 is 24.0 Å². The number of halogens is 2. The average molecular weight is 693 g/mol. The Hall–Kier alpha value is -3.87. The van der Waals surface area contributed by atoms with Gasteiger partial charge in [0.1, 0.15) is 5.82 Å². The van der Waals surface area contributed by atoms with Crippen LogP contribution in [0.4, 0.5) is 11.5 Å². The number of carbonyl (C=O) groups is 2. The van der Waals surface area contributed by atoms with E-state index in [-0.39, 0.29) is 35.9 Å². The van der Waals surface area contributed by atoms with Crippen LogP contribution in [-0.2, 0) is 16.0 Å². The van der Waals surface area contributed by atoms with Crippen LogP contribution in [0.25, 0.3) is 22.5 Å². The lowest BCUT2D eigenvalue weighted by atomic mass is 9.81. The number of nitrogens with one attached hydrogen (secondary N) is 2. The van der Waals surface area contributed by atoms with E-state index in [0.717, 1.165) is 72.7 Å². The number of imide groups is 1. The zero-order chi connectivity index (χ0) is 32.9. The summed E-state index contributed by atoms with van der Waals surface area (Å²) in [6, 6.07) is 16.3. The first-order chi connectivity index (χ1) is 22.8. The van der Waals surface area contributed by atoms with E-state index in [1.165, 1.54) is 4.90 Å². The first-order valence-corrected chi connectivity index (χ1v) is 16.7. The highest BCUT2D eigenvalue weighted by Crippen LogP contribution is 2.32. The predicted molar refractivity (Wildman–Crippen MR) is 192 cm³/mol. The minimum absolute atomic E-state index is 0. The molecule has 2 fully saturated rings. The maximum absolute atomic E-state index is 14.0. The third-order valence-corrected chi connectivity index (χ3v) is 9.57. The fraction of sp³-hybridized carbons (Fsp3) is 0.400. The molecule has 2 aliphatic rings. The number of H-pyrrole nitrogens is 1. The number of rotatable bonds is 9. The van der Waals surface area contributed by atoms with Crippen LogP contribution in [0.2, 0.25) is 5.28 Å². The molecular formula is C35H43Cl2N9O2. The van der Waals surface area contributed by atoms with E-state index in [2.05, 4.69) is 38.4 Å². The number of nitrogens with zero attached hydrogens (tertiary/aromatic N) is 5. The van der Waals surface area contributed by atoms with E-state index in [9.17, 15) is 9.59 Å². The molecule has 2 aromatic heterocycles. The zero-order valence-corrected chi connectivity index (χ0v) is 28.6. The van der Waals surface area contributed by atoms with Crippen LogP contribution in [0.1, 0.15) is 36.8 Å². The van der Waals surface area contributed by atoms with Gasteiger partial charge in [0.25, 0.3) is 5.91 Å². The van der Waals surface area contributed by atoms with Gasteiger partial charge in [-0.3, -0.25) is 9.59 Å². The van der Waals surface area contributed by atoms with Gasteiger partial charge in [-0.05, 0) is 110 Å². The van der Waals surface area contributed by atoms with E-state index < -0.39 is 11.9 Å². The molecule has 2 aromatic carbocycles. The number of carbonyl (C=O) groups excluding carboxylic acids is 2. The molecule has 6 rings (SSSR count). The fourth-order valence-corrected chi connectivity index (χ4v) is 6.70. The molecule has 1 aliphatic heterocycles. The molecule has 3 heterocycles. The summed E-state index contributed by atoms with van der Waals surface area (Å²) in [6.07, 6.45) is 5.35. The third kappa shape index (κ3) is 8.04. The lowest BCUT2D eigenvalue weighted by molar-refractivity contribution is -0.130. The second kappa shape index (κ2) is 16.0. The number of aromatic nitrogens is 4. The van der Waals surface area contributed by atoms with Crippen LogP contribution in [-0.4, -0.2) is 70.7 Å². The summed E-state index contributed by atoms with van der Waals surface area (Å²) in [7, 11) is 0. The van der Waals surface area contributed by atoms with Gasteiger partial charge in [-0.1, -0.05) is 24.3 Å². The van der Waals surface area contributed by atoms with Crippen molar-refractivity contribution in [2.75, 3.05) is 42.5 Å². The van der Waals surface area contributed by atoms with Gasteiger partial charge in [-0.15, -0.1) is 22.6 Å². The van der Waals surface area contributed by atoms with Gasteiger partial charge in [-0.2, -0.15) is 0 Å². The van der Waals surface area contributed by atoms with Crippen molar-refractivity contribution in [2.45, 2.75) is 45.1 Å². The first-order valence-electron chi connectivity index (χ1n) is 16.3. The Balaban J connectivity index is 0.00000451. The summed E-state index contributed by atoms with van der Waals surface area (Å²) in [6.45, 7) is 6.52. The lowest BCUT2D eigenvalue weighted by Crippen LogP contribution is -2.50. The number of piperazine rings is 1. The number of nitrogens with two attached hydrogens (primary N) is 2. The Morgan fingerprint density at radius 2 is 1.67 bits per heavy atom. The van der Waals surface area contributed by atoms with Gasteiger partial charge in [0.05, 0.1) is 11.7 Å². The minimum atomic E-state index is -0.917. The Morgan fingerprint density at radius 1 is 1.00 bits per heavy atom. The van der Waals surface area contributed by atoms with Gasteiger partial charge >= 0.3 is 0 Å². The number of aryl methyl sites for hydroxylation is 1. The highest BCUT2D eigenvalue weighted by Gasteiger charge is 2.35. The second-order valence-electron chi connectivity index (χ2n) is 12.6. The Morgan fingerprint density at radius 3 is 2.27 bits per heavy atom. The normalized spacial score (nSPS) is 18.5. The van der Waals surface area contributed by atoms with Crippen molar-refractivity contribution in [3.8, 4) is 22.5 Å². The average Bonchev–Trinajstić information content (AvgIpc) is 3.55. The van der Waals surface area contributed by atoms with Crippen LogP contribution in [0.15, 0.2) is 60.8 Å². The molecule has 254 valence electrons. The molecule has 1 aliphatic carbocycles. The molecule has 0 radical (unpaired) electrons. The molecule has 1 saturated heterocycles. The van der Waals surface area contributed by atoms with E-state index in [4.69, 9.17) is 28.1 Å². The second-order valence-corrected chi connectivity index (χ2v) is 12.9. The van der Waals surface area contributed by atoms with Crippen molar-refractivity contribution >= 4 is 47.3 Å². The number of hydrogen-bond acceptors (Lipinski definition) is 9.